The van der Waals surface area contributed by atoms with Gasteiger partial charge in [-0.1, -0.05) is 13.3 Å². The monoisotopic (exact) mass is 372 g/mol. The minimum Gasteiger partial charge on any atom is -0.481 e. The van der Waals surface area contributed by atoms with Crippen molar-refractivity contribution in [2.45, 2.75) is 63.6 Å². The molecule has 0 bridgehead atoms. The number of carboxylic acids is 1. The number of hydrogen-bond acceptors (Lipinski definition) is 5. The Morgan fingerprint density at radius 2 is 2.04 bits per heavy atom. The highest BCUT2D eigenvalue weighted by Gasteiger charge is 2.61. The average molecular weight is 372 g/mol. The van der Waals surface area contributed by atoms with Gasteiger partial charge in [0, 0.05) is 26.5 Å². The Kier molecular flexibility index (Phi) is 7.14. The summed E-state index contributed by atoms with van der Waals surface area (Å²) in [6.45, 7) is 5.00. The third-order valence-electron chi connectivity index (χ3n) is 5.40. The van der Waals surface area contributed by atoms with Gasteiger partial charge in [0.15, 0.2) is 0 Å². The van der Waals surface area contributed by atoms with Crippen molar-refractivity contribution < 1.29 is 34.1 Å². The zero-order valence-electron chi connectivity index (χ0n) is 15.7. The van der Waals surface area contributed by atoms with Gasteiger partial charge >= 0.3 is 12.1 Å². The van der Waals surface area contributed by atoms with Crippen LogP contribution < -0.4 is 5.32 Å². The molecule has 1 unspecified atom stereocenters. The van der Waals surface area contributed by atoms with Crippen molar-refractivity contribution in [3.05, 3.63) is 0 Å². The molecule has 0 aliphatic carbocycles. The molecule has 9 heteroatoms. The summed E-state index contributed by atoms with van der Waals surface area (Å²) >= 11 is 0. The van der Waals surface area contributed by atoms with Crippen LogP contribution in [0.2, 0.25) is 0 Å². The first kappa shape index (κ1) is 21.9. The maximum Gasteiger partial charge on any atom is 0.408 e. The summed E-state index contributed by atoms with van der Waals surface area (Å²) in [6.07, 6.45) is -0.109. The normalized spacial score (nSPS) is 26.0. The standard InChI is InChI=1S/C17H28N2O7/c1-5-6-13(18-11(2)21)16(3,26-4)12-7-8-19(15(24)25)17(12,10-20)9-14(22)23/h10,12-13H,5-9H2,1-4H3,(H,18,21)(H,22,23)(H,24,25)/t12-,13+,16?,17+/m1/s1. The number of hydrogen-bond donors (Lipinski definition) is 3. The van der Waals surface area contributed by atoms with E-state index >= 15 is 0 Å². The van der Waals surface area contributed by atoms with Gasteiger partial charge in [0.2, 0.25) is 5.91 Å². The van der Waals surface area contributed by atoms with E-state index in [1.54, 1.807) is 6.92 Å². The number of nitrogens with one attached hydrogen (secondary N) is 1. The number of methoxy groups -OCH3 is 1. The van der Waals surface area contributed by atoms with Crippen LogP contribution in [0.3, 0.4) is 0 Å². The number of aliphatic carboxylic acids is 1. The summed E-state index contributed by atoms with van der Waals surface area (Å²) < 4.78 is 5.72. The molecule has 1 fully saturated rings. The van der Waals surface area contributed by atoms with Crippen LogP contribution in [0.1, 0.15) is 46.5 Å². The molecule has 2 amide bonds. The highest BCUT2D eigenvalue weighted by molar-refractivity contribution is 5.83. The zero-order chi connectivity index (χ0) is 20.1. The first-order chi connectivity index (χ1) is 12.1. The molecule has 1 saturated heterocycles. The van der Waals surface area contributed by atoms with Crippen LogP contribution in [0.4, 0.5) is 4.79 Å². The van der Waals surface area contributed by atoms with Crippen molar-refractivity contribution in [2.75, 3.05) is 13.7 Å². The molecule has 0 spiro atoms. The van der Waals surface area contributed by atoms with Crippen molar-refractivity contribution >= 4 is 24.3 Å². The third-order valence-corrected chi connectivity index (χ3v) is 5.40. The molecule has 26 heavy (non-hydrogen) atoms. The fourth-order valence-corrected chi connectivity index (χ4v) is 4.17. The van der Waals surface area contributed by atoms with E-state index in [0.717, 1.165) is 4.90 Å². The van der Waals surface area contributed by atoms with Gasteiger partial charge in [-0.05, 0) is 19.8 Å². The summed E-state index contributed by atoms with van der Waals surface area (Å²) in [4.78, 5) is 47.7. The van der Waals surface area contributed by atoms with Gasteiger partial charge in [0.25, 0.3) is 0 Å². The van der Waals surface area contributed by atoms with E-state index in [2.05, 4.69) is 5.32 Å². The number of amides is 2. The molecule has 1 rings (SSSR count). The summed E-state index contributed by atoms with van der Waals surface area (Å²) in [7, 11) is 1.42. The van der Waals surface area contributed by atoms with Crippen molar-refractivity contribution in [1.82, 2.24) is 10.2 Å². The largest absolute Gasteiger partial charge is 0.481 e. The van der Waals surface area contributed by atoms with Gasteiger partial charge in [-0.3, -0.25) is 14.5 Å². The highest BCUT2D eigenvalue weighted by Crippen LogP contribution is 2.46. The minimum atomic E-state index is -1.76. The number of rotatable bonds is 9. The lowest BCUT2D eigenvalue weighted by Gasteiger charge is -2.47. The predicted octanol–water partition coefficient (Wildman–Crippen LogP) is 1.11. The van der Waals surface area contributed by atoms with Gasteiger partial charge in [-0.25, -0.2) is 4.79 Å². The van der Waals surface area contributed by atoms with Gasteiger partial charge in [-0.2, -0.15) is 0 Å². The van der Waals surface area contributed by atoms with Crippen LogP contribution in [-0.2, 0) is 19.1 Å². The van der Waals surface area contributed by atoms with Gasteiger partial charge in [0.1, 0.15) is 11.8 Å². The second-order valence-electron chi connectivity index (χ2n) is 6.88. The predicted molar refractivity (Wildman–Crippen MR) is 91.8 cm³/mol. The van der Waals surface area contributed by atoms with E-state index in [-0.39, 0.29) is 18.9 Å². The van der Waals surface area contributed by atoms with Crippen LogP contribution in [-0.4, -0.2) is 70.2 Å². The summed E-state index contributed by atoms with van der Waals surface area (Å²) in [6, 6.07) is -0.498. The Morgan fingerprint density at radius 3 is 2.42 bits per heavy atom. The first-order valence-electron chi connectivity index (χ1n) is 8.60. The van der Waals surface area contributed by atoms with Gasteiger partial charge < -0.3 is 25.1 Å². The average Bonchev–Trinajstić information content (AvgIpc) is 2.92. The molecule has 0 aromatic carbocycles. The Balaban J connectivity index is 3.47. The fourth-order valence-electron chi connectivity index (χ4n) is 4.17. The lowest BCUT2D eigenvalue weighted by Crippen LogP contribution is -2.64. The van der Waals surface area contributed by atoms with E-state index in [1.807, 2.05) is 6.92 Å². The number of carboxylic acid groups (broad SMARTS) is 2. The van der Waals surface area contributed by atoms with E-state index < -0.39 is 41.6 Å². The molecule has 0 aromatic heterocycles. The number of nitrogens with zero attached hydrogens (tertiary/aromatic N) is 1. The molecule has 0 saturated carbocycles. The number of carbonyl (C=O) groups excluding carboxylic acids is 2. The van der Waals surface area contributed by atoms with Crippen molar-refractivity contribution in [1.29, 1.82) is 0 Å². The molecular formula is C17H28N2O7. The second kappa shape index (κ2) is 8.48. The minimum absolute atomic E-state index is 0.0177. The quantitative estimate of drug-likeness (QED) is 0.516. The van der Waals surface area contributed by atoms with Crippen molar-refractivity contribution in [3.63, 3.8) is 0 Å². The lowest BCUT2D eigenvalue weighted by atomic mass is 9.69. The maximum absolute atomic E-state index is 12.0. The molecule has 3 N–H and O–H groups in total. The van der Waals surface area contributed by atoms with Crippen molar-refractivity contribution in [3.8, 4) is 0 Å². The topological polar surface area (TPSA) is 133 Å². The smallest absolute Gasteiger partial charge is 0.408 e. The Bertz CT molecular complexity index is 567. The fraction of sp³-hybridized carbons (Fsp3) is 0.765. The molecule has 9 nitrogen and oxygen atoms in total. The van der Waals surface area contributed by atoms with E-state index in [1.165, 1.54) is 14.0 Å². The van der Waals surface area contributed by atoms with Gasteiger partial charge in [-0.15, -0.1) is 0 Å². The van der Waals surface area contributed by atoms with E-state index in [0.29, 0.717) is 19.1 Å². The van der Waals surface area contributed by atoms with Crippen LogP contribution in [0.15, 0.2) is 0 Å². The summed E-state index contributed by atoms with van der Waals surface area (Å²) in [5, 5.41) is 21.6. The number of aldehydes is 1. The molecule has 0 radical (unpaired) electrons. The molecule has 148 valence electrons. The molecular weight excluding hydrogens is 344 g/mol. The summed E-state index contributed by atoms with van der Waals surface area (Å²) in [5.74, 6) is -2.29. The Hall–Kier alpha value is -2.16. The van der Waals surface area contributed by atoms with Gasteiger partial charge in [0.05, 0.1) is 18.1 Å². The number of likely N-dealkylation sites (tertiary alicyclic amines) is 1. The molecule has 0 aromatic rings. The molecule has 1 aliphatic heterocycles. The van der Waals surface area contributed by atoms with Crippen LogP contribution in [0, 0.1) is 5.92 Å². The Labute approximate surface area is 152 Å². The summed E-state index contributed by atoms with van der Waals surface area (Å²) in [5.41, 5.74) is -2.88. The highest BCUT2D eigenvalue weighted by atomic mass is 16.5. The SMILES string of the molecule is CCC[C@H](NC(C)=O)C(C)(OC)[C@H]1CCN(C(=O)O)[C@]1(C=O)CC(=O)O. The third kappa shape index (κ3) is 3.98. The molecule has 1 heterocycles. The number of carbonyl (C=O) groups is 4. The van der Waals surface area contributed by atoms with E-state index in [4.69, 9.17) is 4.74 Å². The zero-order valence-corrected chi connectivity index (χ0v) is 15.7. The first-order valence-corrected chi connectivity index (χ1v) is 8.60. The second-order valence-corrected chi connectivity index (χ2v) is 6.88. The van der Waals surface area contributed by atoms with E-state index in [9.17, 15) is 29.4 Å². The van der Waals surface area contributed by atoms with Crippen LogP contribution in [0.5, 0.6) is 0 Å². The lowest BCUT2D eigenvalue weighted by molar-refractivity contribution is -0.150. The number of ether oxygens (including phenoxy) is 1. The molecule has 4 atom stereocenters. The van der Waals surface area contributed by atoms with Crippen LogP contribution in [0.25, 0.3) is 0 Å². The van der Waals surface area contributed by atoms with Crippen LogP contribution >= 0.6 is 0 Å². The maximum atomic E-state index is 12.0. The Morgan fingerprint density at radius 1 is 1.42 bits per heavy atom. The van der Waals surface area contributed by atoms with Crippen molar-refractivity contribution in [2.24, 2.45) is 5.92 Å². The molecule has 1 aliphatic rings.